The quantitative estimate of drug-likeness (QED) is 0.0390. The van der Waals surface area contributed by atoms with E-state index in [1.807, 2.05) is 0 Å². The zero-order valence-electron chi connectivity index (χ0n) is 29.2. The van der Waals surface area contributed by atoms with Gasteiger partial charge in [0.1, 0.15) is 0 Å². The van der Waals surface area contributed by atoms with Gasteiger partial charge >= 0.3 is 0 Å². The Kier molecular flexibility index (Phi) is 31.1. The van der Waals surface area contributed by atoms with Crippen molar-refractivity contribution in [3.63, 3.8) is 0 Å². The summed E-state index contributed by atoms with van der Waals surface area (Å²) in [4.78, 5) is 12.4. The number of carbonyl (C=O) groups excluding carboxylic acids is 1. The molecule has 3 N–H and O–H groups in total. The molecule has 0 spiro atoms. The largest absolute Gasteiger partial charge is 0.387 e. The maximum atomic E-state index is 12.4. The van der Waals surface area contributed by atoms with Crippen LogP contribution in [0.3, 0.4) is 0 Å². The Hall–Kier alpha value is -2.22. The van der Waals surface area contributed by atoms with Gasteiger partial charge in [0, 0.05) is 6.42 Å². The average molecular weight is 662 g/mol. The Morgan fingerprint density at radius 3 is 1.63 bits per heavy atom. The summed E-state index contributed by atoms with van der Waals surface area (Å²) in [6, 6.07) is -1.09. The van der Waals surface area contributed by atoms with Crippen LogP contribution in [0, 0.1) is 0 Å². The number of aliphatic hydroxyl groups excluding tert-OH is 1. The summed E-state index contributed by atoms with van der Waals surface area (Å²) in [7, 11) is -4.36. The highest BCUT2D eigenvalue weighted by Gasteiger charge is 2.24. The Labute approximate surface area is 283 Å². The summed E-state index contributed by atoms with van der Waals surface area (Å²) in [6.07, 6.45) is 45.9. The predicted molar refractivity (Wildman–Crippen MR) is 197 cm³/mol. The second kappa shape index (κ2) is 32.7. The Balaban J connectivity index is 4.12. The molecule has 0 saturated carbocycles. The molecule has 0 aromatic heterocycles. The first-order valence-electron chi connectivity index (χ1n) is 18.1. The monoisotopic (exact) mass is 661 g/mol. The van der Waals surface area contributed by atoms with Gasteiger partial charge in [-0.2, -0.15) is 8.42 Å². The first-order chi connectivity index (χ1) is 22.3. The van der Waals surface area contributed by atoms with Gasteiger partial charge in [0.2, 0.25) is 5.91 Å². The summed E-state index contributed by atoms with van der Waals surface area (Å²) in [5.41, 5.74) is 0. The fourth-order valence-electron chi connectivity index (χ4n) is 4.92. The number of carbonyl (C=O) groups is 1. The van der Waals surface area contributed by atoms with Gasteiger partial charge in [-0.1, -0.05) is 145 Å². The number of hydrogen-bond donors (Lipinski definition) is 3. The van der Waals surface area contributed by atoms with Gasteiger partial charge < -0.3 is 10.4 Å². The zero-order chi connectivity index (χ0) is 34.0. The molecule has 6 nitrogen and oxygen atoms in total. The van der Waals surface area contributed by atoms with E-state index >= 15 is 0 Å². The molecule has 0 aliphatic heterocycles. The molecular formula is C39H67NO5S. The second-order valence-electron chi connectivity index (χ2n) is 12.1. The van der Waals surface area contributed by atoms with Crippen LogP contribution in [0.2, 0.25) is 0 Å². The smallest absolute Gasteiger partial charge is 0.267 e. The molecule has 0 radical (unpaired) electrons. The lowest BCUT2D eigenvalue weighted by molar-refractivity contribution is -0.122. The summed E-state index contributed by atoms with van der Waals surface area (Å²) in [5, 5.41) is 13.1. The minimum Gasteiger partial charge on any atom is -0.387 e. The molecule has 0 fully saturated rings. The predicted octanol–water partition coefficient (Wildman–Crippen LogP) is 10.3. The fraction of sp³-hybridized carbons (Fsp3) is 0.667. The van der Waals surface area contributed by atoms with Gasteiger partial charge in [-0.05, 0) is 70.6 Å². The van der Waals surface area contributed by atoms with E-state index in [1.165, 1.54) is 57.4 Å². The maximum absolute atomic E-state index is 12.4. The highest BCUT2D eigenvalue weighted by molar-refractivity contribution is 7.85. The lowest BCUT2D eigenvalue weighted by Gasteiger charge is -2.21. The van der Waals surface area contributed by atoms with E-state index in [1.54, 1.807) is 6.08 Å². The normalized spacial score (nSPS) is 14.3. The number of allylic oxidation sites excluding steroid dienone is 11. The minimum atomic E-state index is -4.36. The molecule has 0 aliphatic rings. The van der Waals surface area contributed by atoms with Gasteiger partial charge in [0.05, 0.1) is 17.9 Å². The Morgan fingerprint density at radius 1 is 0.609 bits per heavy atom. The molecular weight excluding hydrogens is 594 g/mol. The highest BCUT2D eigenvalue weighted by atomic mass is 32.2. The summed E-state index contributed by atoms with van der Waals surface area (Å²) in [5.74, 6) is -1.04. The van der Waals surface area contributed by atoms with Crippen molar-refractivity contribution in [2.75, 3.05) is 5.75 Å². The summed E-state index contributed by atoms with van der Waals surface area (Å²) < 4.78 is 32.3. The number of rotatable bonds is 31. The summed E-state index contributed by atoms with van der Waals surface area (Å²) >= 11 is 0. The Morgan fingerprint density at radius 2 is 1.07 bits per heavy atom. The van der Waals surface area contributed by atoms with Crippen LogP contribution in [0.1, 0.15) is 149 Å². The minimum absolute atomic E-state index is 0.256. The van der Waals surface area contributed by atoms with Crippen molar-refractivity contribution in [2.24, 2.45) is 0 Å². The van der Waals surface area contributed by atoms with Crippen molar-refractivity contribution in [2.45, 2.75) is 161 Å². The van der Waals surface area contributed by atoms with Gasteiger partial charge in [-0.15, -0.1) is 0 Å². The van der Waals surface area contributed by atoms with Crippen molar-refractivity contribution in [1.29, 1.82) is 0 Å². The van der Waals surface area contributed by atoms with Crippen LogP contribution < -0.4 is 5.32 Å². The molecule has 264 valence electrons. The lowest BCUT2D eigenvalue weighted by Crippen LogP contribution is -2.46. The first-order valence-corrected chi connectivity index (χ1v) is 19.7. The zero-order valence-corrected chi connectivity index (χ0v) is 30.0. The number of aliphatic hydroxyl groups is 1. The molecule has 0 saturated heterocycles. The van der Waals surface area contributed by atoms with E-state index in [-0.39, 0.29) is 12.3 Å². The highest BCUT2D eigenvalue weighted by Crippen LogP contribution is 2.11. The van der Waals surface area contributed by atoms with Crippen LogP contribution in [0.15, 0.2) is 72.9 Å². The van der Waals surface area contributed by atoms with Crippen molar-refractivity contribution < 1.29 is 22.9 Å². The molecule has 7 heteroatoms. The lowest BCUT2D eigenvalue weighted by atomic mass is 10.1. The molecule has 2 unspecified atom stereocenters. The fourth-order valence-corrected chi connectivity index (χ4v) is 5.66. The van der Waals surface area contributed by atoms with E-state index in [2.05, 4.69) is 79.9 Å². The third-order valence-corrected chi connectivity index (χ3v) is 8.40. The number of hydrogen-bond acceptors (Lipinski definition) is 4. The van der Waals surface area contributed by atoms with Crippen LogP contribution in [0.5, 0.6) is 0 Å². The van der Waals surface area contributed by atoms with Gasteiger partial charge in [0.25, 0.3) is 10.1 Å². The van der Waals surface area contributed by atoms with Gasteiger partial charge in [-0.3, -0.25) is 9.35 Å². The molecule has 2 atom stereocenters. The number of unbranched alkanes of at least 4 members (excludes halogenated alkanes) is 13. The van der Waals surface area contributed by atoms with Crippen LogP contribution in [0.25, 0.3) is 0 Å². The Bertz CT molecular complexity index is 994. The van der Waals surface area contributed by atoms with E-state index < -0.39 is 28.0 Å². The van der Waals surface area contributed by atoms with E-state index in [0.29, 0.717) is 12.8 Å². The van der Waals surface area contributed by atoms with Gasteiger partial charge in [0.15, 0.2) is 0 Å². The molecule has 46 heavy (non-hydrogen) atoms. The molecule has 0 rings (SSSR count). The van der Waals surface area contributed by atoms with Crippen molar-refractivity contribution in [1.82, 2.24) is 5.32 Å². The van der Waals surface area contributed by atoms with Crippen LogP contribution >= 0.6 is 0 Å². The SMILES string of the molecule is CC/C=C\C/C=C\C/C=C\C/C=C\CCCCCCC(=O)NC(CS(=O)(=O)O)C(O)/C=C/CC/C=C/CCCCCCCCCC. The third-order valence-electron chi connectivity index (χ3n) is 7.62. The molecule has 0 bridgehead atoms. The number of amides is 1. The standard InChI is InChI=1S/C39H67NO5S/c1-3-5-7-9-11-13-15-17-19-20-21-23-25-27-29-31-33-35-39(42)40-37(36-46(43,44)45)38(41)34-32-30-28-26-24-22-18-16-14-12-10-8-6-4-2/h5,7,11,13,17,19,21,23-24,26,32,34,37-38,41H,3-4,6,8-10,12,14-16,18,20,22,25,27-31,33,35-36H2,1-2H3,(H,40,42)(H,43,44,45)/b7-5-,13-11-,19-17-,23-21-,26-24+,34-32+. The summed E-state index contributed by atoms with van der Waals surface area (Å²) in [6.45, 7) is 4.38. The third kappa shape index (κ3) is 33.2. The topological polar surface area (TPSA) is 104 Å². The van der Waals surface area contributed by atoms with Gasteiger partial charge in [-0.25, -0.2) is 0 Å². The van der Waals surface area contributed by atoms with Crippen LogP contribution in [-0.2, 0) is 14.9 Å². The average Bonchev–Trinajstić information content (AvgIpc) is 3.01. The van der Waals surface area contributed by atoms with Crippen LogP contribution in [0.4, 0.5) is 0 Å². The van der Waals surface area contributed by atoms with E-state index in [4.69, 9.17) is 0 Å². The molecule has 0 aliphatic carbocycles. The van der Waals surface area contributed by atoms with Crippen molar-refractivity contribution in [3.8, 4) is 0 Å². The molecule has 0 heterocycles. The van der Waals surface area contributed by atoms with E-state index in [0.717, 1.165) is 64.2 Å². The molecule has 0 aromatic carbocycles. The van der Waals surface area contributed by atoms with Crippen molar-refractivity contribution in [3.05, 3.63) is 72.9 Å². The molecule has 0 aromatic rings. The number of nitrogens with one attached hydrogen (secondary N) is 1. The van der Waals surface area contributed by atoms with E-state index in [9.17, 15) is 22.9 Å². The first kappa shape index (κ1) is 43.8. The maximum Gasteiger partial charge on any atom is 0.267 e. The second-order valence-corrected chi connectivity index (χ2v) is 13.6. The van der Waals surface area contributed by atoms with Crippen molar-refractivity contribution >= 4 is 16.0 Å². The molecule has 1 amide bonds. The van der Waals surface area contributed by atoms with Crippen LogP contribution in [-0.4, -0.2) is 41.9 Å².